The lowest BCUT2D eigenvalue weighted by Crippen LogP contribution is -2.34. The van der Waals surface area contributed by atoms with Crippen molar-refractivity contribution in [3.05, 3.63) is 58.3 Å². The first-order chi connectivity index (χ1) is 27.3. The molecule has 7 heterocycles. The molecule has 4 nitrogen and oxygen atoms in total. The van der Waals surface area contributed by atoms with E-state index in [-0.39, 0.29) is 11.8 Å². The van der Waals surface area contributed by atoms with Gasteiger partial charge in [-0.05, 0) is 78.1 Å². The molecule has 56 heavy (non-hydrogen) atoms. The molecule has 3 atom stereocenters. The van der Waals surface area contributed by atoms with Gasteiger partial charge in [0.15, 0.2) is 0 Å². The zero-order valence-corrected chi connectivity index (χ0v) is 38.4. The Morgan fingerprint density at radius 2 is 1.18 bits per heavy atom. The molecule has 300 valence electrons. The Morgan fingerprint density at radius 3 is 1.77 bits per heavy atom. The summed E-state index contributed by atoms with van der Waals surface area (Å²) in [4.78, 5) is 36.6. The van der Waals surface area contributed by atoms with E-state index in [4.69, 9.17) is 0 Å². The summed E-state index contributed by atoms with van der Waals surface area (Å²) in [7, 11) is 0. The first kappa shape index (κ1) is 41.6. The van der Waals surface area contributed by atoms with Crippen LogP contribution >= 0.6 is 56.7 Å². The number of aromatic nitrogens is 1. The van der Waals surface area contributed by atoms with Gasteiger partial charge in [-0.25, -0.2) is 0 Å². The molecule has 0 aliphatic carbocycles. The molecule has 0 aromatic carbocycles. The molecule has 1 aliphatic heterocycles. The van der Waals surface area contributed by atoms with Crippen LogP contribution in [0.3, 0.4) is 0 Å². The number of carbonyl (C=O) groups excluding carboxylic acids is 2. The van der Waals surface area contributed by atoms with E-state index in [2.05, 4.69) is 87.2 Å². The lowest BCUT2D eigenvalue weighted by molar-refractivity contribution is 0.0624. The van der Waals surface area contributed by atoms with Crippen LogP contribution in [0.1, 0.15) is 158 Å². The summed E-state index contributed by atoms with van der Waals surface area (Å²) >= 11 is 8.86. The Balaban J connectivity index is 1.26. The topological polar surface area (TPSA) is 42.3 Å². The molecule has 0 N–H and O–H groups in total. The average molecular weight is 845 g/mol. The Kier molecular flexibility index (Phi) is 14.1. The maximum Gasteiger partial charge on any atom is 0.263 e. The highest BCUT2D eigenvalue weighted by molar-refractivity contribution is 7.32. The smallest absolute Gasteiger partial charge is 0.263 e. The van der Waals surface area contributed by atoms with Crippen LogP contribution in [-0.4, -0.2) is 27.8 Å². The van der Waals surface area contributed by atoms with Crippen molar-refractivity contribution in [3.8, 4) is 29.3 Å². The Labute approximate surface area is 355 Å². The minimum atomic E-state index is -0.112. The van der Waals surface area contributed by atoms with Crippen molar-refractivity contribution in [2.45, 2.75) is 137 Å². The minimum absolute atomic E-state index is 0.111. The van der Waals surface area contributed by atoms with Crippen molar-refractivity contribution in [2.24, 2.45) is 17.8 Å². The predicted molar refractivity (Wildman–Crippen MR) is 249 cm³/mol. The normalized spacial score (nSPS) is 15.4. The molecule has 0 fully saturated rings. The molecule has 2 amide bonds. The van der Waals surface area contributed by atoms with Gasteiger partial charge in [0.05, 0.1) is 41.3 Å². The summed E-state index contributed by atoms with van der Waals surface area (Å²) in [5, 5.41) is 4.35. The number of amides is 2. The average Bonchev–Trinajstić information content (AvgIpc) is 4.07. The van der Waals surface area contributed by atoms with Crippen molar-refractivity contribution in [1.82, 2.24) is 9.47 Å². The molecule has 9 heteroatoms. The molecule has 0 bridgehead atoms. The SMILES string of the molecule is CCCCC(CC)CC(CC(CC)CCCC)n1c2ccsc2c2sc(-c3ccc(-c4sc(-c5cccs5)c5c4C(=O)N(CC(CC)CCCC)C5=O)s3)cc21. The van der Waals surface area contributed by atoms with Crippen LogP contribution in [0.2, 0.25) is 0 Å². The highest BCUT2D eigenvalue weighted by Gasteiger charge is 2.43. The molecule has 6 aromatic heterocycles. The third-order valence-electron chi connectivity index (χ3n) is 12.4. The van der Waals surface area contributed by atoms with Crippen molar-refractivity contribution < 1.29 is 9.59 Å². The van der Waals surface area contributed by atoms with Crippen molar-refractivity contribution >= 4 is 88.9 Å². The van der Waals surface area contributed by atoms with Crippen LogP contribution in [-0.2, 0) is 0 Å². The van der Waals surface area contributed by atoms with Gasteiger partial charge < -0.3 is 4.57 Å². The summed E-state index contributed by atoms with van der Waals surface area (Å²) in [5.41, 5.74) is 4.05. The Morgan fingerprint density at radius 1 is 0.571 bits per heavy atom. The van der Waals surface area contributed by atoms with Gasteiger partial charge in [0.1, 0.15) is 0 Å². The van der Waals surface area contributed by atoms with Gasteiger partial charge in [-0.1, -0.05) is 118 Å². The van der Waals surface area contributed by atoms with Gasteiger partial charge in [-0.2, -0.15) is 0 Å². The lowest BCUT2D eigenvalue weighted by atomic mass is 9.85. The third kappa shape index (κ3) is 8.32. The number of unbranched alkanes of at least 4 members (excludes halogenated alkanes) is 3. The molecule has 0 spiro atoms. The van der Waals surface area contributed by atoms with E-state index in [1.165, 1.54) is 94.4 Å². The second-order valence-corrected chi connectivity index (χ2v) is 21.1. The predicted octanol–water partition coefficient (Wildman–Crippen LogP) is 16.7. The molecular weight excluding hydrogens is 785 g/mol. The molecule has 1 aliphatic rings. The molecule has 6 aromatic rings. The van der Waals surface area contributed by atoms with Gasteiger partial charge in [-0.3, -0.25) is 14.5 Å². The number of hydrogen-bond acceptors (Lipinski definition) is 7. The molecule has 7 rings (SSSR count). The standard InChI is InChI=1S/C47H60N2O2S5/c1-7-13-17-30(10-4)26-33(27-31(11-5)18-14-8-2)49-34-23-25-53-42(34)43-35(49)28-39(55-43)36-21-22-38(54-36)45-41-40(44(56-45)37-20-16-24-52-37)46(50)48(47(41)51)29-32(12-6)19-15-9-3/h16,20-25,28,30-33H,7-15,17-19,26-27,29H2,1-6H3. The number of thiophene rings is 5. The summed E-state index contributed by atoms with van der Waals surface area (Å²) in [5.74, 6) is 1.59. The summed E-state index contributed by atoms with van der Waals surface area (Å²) in [6.45, 7) is 14.3. The van der Waals surface area contributed by atoms with Crippen LogP contribution in [0.25, 0.3) is 49.7 Å². The third-order valence-corrected chi connectivity index (χ3v) is 18.3. The van der Waals surface area contributed by atoms with Gasteiger partial charge >= 0.3 is 0 Å². The number of rotatable bonds is 22. The minimum Gasteiger partial charge on any atom is -0.336 e. The van der Waals surface area contributed by atoms with E-state index in [9.17, 15) is 9.59 Å². The number of carbonyl (C=O) groups is 2. The second-order valence-electron chi connectivity index (χ2n) is 16.1. The molecule has 0 radical (unpaired) electrons. The zero-order chi connectivity index (χ0) is 39.3. The highest BCUT2D eigenvalue weighted by Crippen LogP contribution is 2.52. The molecule has 0 saturated carbocycles. The zero-order valence-electron chi connectivity index (χ0n) is 34.3. The van der Waals surface area contributed by atoms with Crippen LogP contribution in [0.15, 0.2) is 47.2 Å². The summed E-state index contributed by atoms with van der Waals surface area (Å²) in [6.07, 6.45) is 17.0. The second kappa shape index (κ2) is 19.0. The fraction of sp³-hybridized carbons (Fsp3) is 0.532. The van der Waals surface area contributed by atoms with E-state index < -0.39 is 0 Å². The Hall–Kier alpha value is -2.56. The molecular formula is C47H60N2O2S5. The number of imide groups is 1. The maximum atomic E-state index is 14.3. The van der Waals surface area contributed by atoms with Gasteiger partial charge in [0.2, 0.25) is 0 Å². The van der Waals surface area contributed by atoms with Gasteiger partial charge in [0, 0.05) is 32.1 Å². The lowest BCUT2D eigenvalue weighted by Gasteiger charge is -2.29. The van der Waals surface area contributed by atoms with Crippen molar-refractivity contribution in [2.75, 3.05) is 6.54 Å². The van der Waals surface area contributed by atoms with Crippen molar-refractivity contribution in [3.63, 3.8) is 0 Å². The van der Waals surface area contributed by atoms with Gasteiger partial charge in [-0.15, -0.1) is 56.7 Å². The molecule has 3 unspecified atom stereocenters. The number of hydrogen-bond donors (Lipinski definition) is 0. The van der Waals surface area contributed by atoms with E-state index in [1.54, 1.807) is 38.9 Å². The van der Waals surface area contributed by atoms with E-state index in [1.807, 2.05) is 28.7 Å². The highest BCUT2D eigenvalue weighted by atomic mass is 32.1. The largest absolute Gasteiger partial charge is 0.336 e. The monoisotopic (exact) mass is 844 g/mol. The maximum absolute atomic E-state index is 14.3. The summed E-state index contributed by atoms with van der Waals surface area (Å²) in [6, 6.07) is 13.9. The number of fused-ring (bicyclic) bond motifs is 4. The van der Waals surface area contributed by atoms with Crippen LogP contribution in [0.4, 0.5) is 0 Å². The summed E-state index contributed by atoms with van der Waals surface area (Å²) < 4.78 is 5.60. The van der Waals surface area contributed by atoms with E-state index in [0.29, 0.717) is 29.6 Å². The van der Waals surface area contributed by atoms with Crippen LogP contribution in [0, 0.1) is 17.8 Å². The Bertz CT molecular complexity index is 2190. The van der Waals surface area contributed by atoms with E-state index in [0.717, 1.165) is 57.0 Å². The van der Waals surface area contributed by atoms with Crippen LogP contribution < -0.4 is 0 Å². The first-order valence-electron chi connectivity index (χ1n) is 21.5. The van der Waals surface area contributed by atoms with E-state index >= 15 is 0 Å². The quantitative estimate of drug-likeness (QED) is 0.0639. The fourth-order valence-electron chi connectivity index (χ4n) is 8.96. The number of nitrogens with zero attached hydrogens (tertiary/aromatic N) is 2. The first-order valence-corrected chi connectivity index (χ1v) is 25.7. The van der Waals surface area contributed by atoms with Gasteiger partial charge in [0.25, 0.3) is 11.8 Å². The van der Waals surface area contributed by atoms with Crippen molar-refractivity contribution in [1.29, 1.82) is 0 Å². The fourth-order valence-corrected chi connectivity index (χ4v) is 14.5. The molecule has 0 saturated heterocycles. The van der Waals surface area contributed by atoms with Crippen LogP contribution in [0.5, 0.6) is 0 Å².